The van der Waals surface area contributed by atoms with Crippen molar-refractivity contribution in [1.82, 2.24) is 0 Å². The van der Waals surface area contributed by atoms with E-state index in [4.69, 9.17) is 95.9 Å². The normalized spacial score (nSPS) is 19.5. The van der Waals surface area contributed by atoms with Crippen LogP contribution in [0.2, 0.25) is 287 Å². The van der Waals surface area contributed by atoms with Crippen LogP contribution in [0.5, 0.6) is 0 Å². The largest absolute Gasteiger partial charge is 0.522 e. The minimum absolute atomic E-state index is 0.256. The zero-order valence-electron chi connectivity index (χ0n) is 91.1. The molecule has 0 amide bonds. The molecule has 2 aliphatic rings. The molecule has 5 unspecified atom stereocenters. The smallest absolute Gasteiger partial charge is 0.462 e. The summed E-state index contributed by atoms with van der Waals surface area (Å²) in [5, 5.41) is 0. The molecule has 2 saturated heterocycles. The summed E-state index contributed by atoms with van der Waals surface area (Å²) in [5.41, 5.74) is -0.684. The first-order valence-corrected chi connectivity index (χ1v) is 108. The Morgan fingerprint density at radius 3 is 0.963 bits per heavy atom. The van der Waals surface area contributed by atoms with Crippen LogP contribution in [0.25, 0.3) is 0 Å². The highest BCUT2D eigenvalue weighted by atomic mass is 32.2. The molecule has 1 N–H and O–H groups in total. The van der Waals surface area contributed by atoms with Crippen molar-refractivity contribution in [2.45, 2.75) is 344 Å². The number of hydrogen-bond donors (Lipinski definition) is 1. The molecule has 52 heteroatoms. The second-order valence-corrected chi connectivity index (χ2v) is 121. The van der Waals surface area contributed by atoms with Gasteiger partial charge >= 0.3 is 113 Å². The van der Waals surface area contributed by atoms with Crippen molar-refractivity contribution >= 4 is 213 Å². The number of alkyl halides is 3. The molecule has 3 aromatic carbocycles. The van der Waals surface area contributed by atoms with Crippen LogP contribution in [0.4, 0.5) is 13.2 Å². The average molecular weight is 2300 g/mol. The third-order valence-electron chi connectivity index (χ3n) is 16.4. The lowest BCUT2D eigenvalue weighted by molar-refractivity contribution is -0.139. The fourth-order valence-corrected chi connectivity index (χ4v) is 106. The van der Waals surface area contributed by atoms with Crippen molar-refractivity contribution in [3.8, 4) is 0 Å². The SMILES string of the molecule is C=C(C)C(=O)OCCC[Si](C)(O[Si](C)(C)C)O[Si](C)(CCCc1ccccc1)O[Si](C)(C)O[Si](C)(C)C.C=CCOC(=O)C(=C)C.C=CCc1ccccc1.C[SiH](O[Si](C)(C)C)O[Si](C)(C)O[Si](C)(C)C.C[SiH](O[Si](C)(C)C)O[Si](C)(CCCc1ccccc1)O[Si](C)(C)O[Si](C)(C)C.C[SiH]1O[SiH](C)O[SiH](C)O[SiH](C)O1.C[Si]1(C)O[Si](C)(C)O[Si](C)(C)O[Si](C)(C)O1.O=S(=O)(O)C(F)(F)F. The second-order valence-electron chi connectivity index (χ2n) is 42.7. The van der Waals surface area contributed by atoms with Gasteiger partial charge in [-0.1, -0.05) is 123 Å². The molecule has 0 bridgehead atoms. The number of carbonyl (C=O) groups excluding carboxylic acids is 2. The van der Waals surface area contributed by atoms with Crippen LogP contribution in [-0.2, 0) is 127 Å². The summed E-state index contributed by atoms with van der Waals surface area (Å²) in [6.45, 7) is 106. The van der Waals surface area contributed by atoms with Crippen molar-refractivity contribution in [3.63, 3.8) is 0 Å². The van der Waals surface area contributed by atoms with Crippen molar-refractivity contribution in [2.75, 3.05) is 13.2 Å². The second kappa shape index (κ2) is 61.1. The van der Waals surface area contributed by atoms with Crippen LogP contribution in [0.1, 0.15) is 49.8 Å². The number of rotatable bonds is 40. The van der Waals surface area contributed by atoms with Gasteiger partial charge in [-0.15, -0.1) is 6.58 Å². The maximum Gasteiger partial charge on any atom is 0.522 e. The molecule has 5 rings (SSSR count). The van der Waals surface area contributed by atoms with E-state index in [-0.39, 0.29) is 18.5 Å². The van der Waals surface area contributed by atoms with Crippen molar-refractivity contribution in [2.24, 2.45) is 0 Å². The van der Waals surface area contributed by atoms with Crippen LogP contribution in [0.3, 0.4) is 0 Å². The first-order chi connectivity index (χ1) is 60.4. The summed E-state index contributed by atoms with van der Waals surface area (Å²) in [6, 6.07) is 34.1. The number of benzene rings is 3. The first-order valence-electron chi connectivity index (χ1n) is 46.5. The molecule has 135 heavy (non-hydrogen) atoms. The Morgan fingerprint density at radius 1 is 0.400 bits per heavy atom. The Kier molecular flexibility index (Phi) is 62.7. The van der Waals surface area contributed by atoms with E-state index >= 15 is 0 Å². The van der Waals surface area contributed by atoms with Gasteiger partial charge in [0.25, 0.3) is 55.7 Å². The Balaban J connectivity index is -0.00000157. The molecule has 5 atom stereocenters. The summed E-state index contributed by atoms with van der Waals surface area (Å²) in [7, 11) is -47.5. The van der Waals surface area contributed by atoms with Gasteiger partial charge < -0.3 is 87.7 Å². The molecule has 26 nitrogen and oxygen atoms in total. The van der Waals surface area contributed by atoms with Gasteiger partial charge in [0.2, 0.25) is 0 Å². The Hall–Kier alpha value is -0.729. The molecule has 0 aromatic heterocycles. The first kappa shape index (κ1) is 138. The van der Waals surface area contributed by atoms with Gasteiger partial charge in [0.15, 0.2) is 49.9 Å². The van der Waals surface area contributed by atoms with E-state index in [0.29, 0.717) is 24.2 Å². The number of aryl methyl sites for hydroxylation is 2. The zero-order valence-corrected chi connectivity index (χ0v) is 115. The molecule has 0 spiro atoms. The molecule has 2 heterocycles. The number of esters is 2. The molecule has 0 radical (unpaired) electrons. The van der Waals surface area contributed by atoms with Crippen LogP contribution in [-0.4, -0.2) is 235 Å². The van der Waals surface area contributed by atoms with E-state index in [2.05, 4.69) is 346 Å². The maximum absolute atomic E-state index is 11.8. The van der Waals surface area contributed by atoms with Crippen molar-refractivity contribution in [3.05, 3.63) is 157 Å². The van der Waals surface area contributed by atoms with Crippen molar-refractivity contribution < 1.29 is 123 Å². The number of ether oxygens (including phenoxy) is 2. The molecule has 786 valence electrons. The lowest BCUT2D eigenvalue weighted by Crippen LogP contribution is -2.64. The zero-order chi connectivity index (χ0) is 106. The molecule has 2 aliphatic heterocycles. The maximum atomic E-state index is 11.8. The van der Waals surface area contributed by atoms with E-state index in [1.807, 2.05) is 50.5 Å². The molecule has 0 aliphatic carbocycles. The van der Waals surface area contributed by atoms with E-state index in [9.17, 15) is 22.8 Å². The van der Waals surface area contributed by atoms with Gasteiger partial charge in [-0.25, -0.2) is 9.59 Å². The van der Waals surface area contributed by atoms with Crippen LogP contribution < -0.4 is 0 Å². The fraction of sp³-hybridized carbons (Fsp3) is 0.663. The number of allylic oxidation sites excluding steroid dienone is 1. The van der Waals surface area contributed by atoms with E-state index in [1.165, 1.54) is 22.8 Å². The van der Waals surface area contributed by atoms with Gasteiger partial charge in [0, 0.05) is 11.1 Å². The highest BCUT2D eigenvalue weighted by Crippen LogP contribution is 2.35. The van der Waals surface area contributed by atoms with Gasteiger partial charge in [-0.3, -0.25) is 4.55 Å². The molecule has 3 aromatic rings. The Morgan fingerprint density at radius 2 is 0.674 bits per heavy atom. The molecule has 2 fully saturated rings. The van der Waals surface area contributed by atoms with Gasteiger partial charge in [-0.2, -0.15) is 21.6 Å². The third kappa shape index (κ3) is 78.3. The minimum Gasteiger partial charge on any atom is -0.462 e. The minimum atomic E-state index is -5.84. The number of hydrogen-bond acceptors (Lipinski definition) is 25. The summed E-state index contributed by atoms with van der Waals surface area (Å²) in [5.74, 6) is -0.718. The molecular weight excluding hydrogens is 2120 g/mol. The predicted molar refractivity (Wildman–Crippen MR) is 604 cm³/mol. The standard InChI is InChI=1S/C26H52O6Si5.C19H42O4Si5.C9H28O3Si4.C9H10.C8H24O4Si4.C7H10O2.C4H16O4Si4.CHF3O3S/c1-24(2)26(27)28-21-17-23-36(11,30-34(6,7)8)32-37(12,31-35(9,10)29-33(3,4)5)22-16-20-25-18-14-13-15-19-25;1-24(20-25(2,3)4)21-28(10,23-27(8,9)22-26(5,6)7)18-14-17-19-15-12-11-13-16-19;1-13(10-14(2,3)4)11-16(8,9)12-15(5,6)7;1-2-6-9-7-4-3-5-8-9;1-13(2)9-14(3,4)11-16(7,8)12-15(5,6)10-13;1-4-5-9-7(8)6(2)3;1-9-5-10(2)7-12(4)8-11(3)6-9;2-1(3,4)8(5,6)7/h13-15,18-19H,1,16-17,20-23H2,2-12H3;11-13,15-16,24H,14,17-18H2,1-10H3;13H,1-9H3;2-5,7-8H,1,6H2;1-8H3;4H,1-2,5H2,3H3;9-12H,1-4H3;(H,5,6,7). The Bertz CT molecular complexity index is 3910. The van der Waals surface area contributed by atoms with E-state index < -0.39 is 207 Å². The third-order valence-corrected chi connectivity index (χ3v) is 92.2. The summed E-state index contributed by atoms with van der Waals surface area (Å²) >= 11 is 0. The summed E-state index contributed by atoms with van der Waals surface area (Å²) in [6.07, 6.45) is 9.18. The monoisotopic (exact) mass is 2300 g/mol. The van der Waals surface area contributed by atoms with Gasteiger partial charge in [-0.05, 0) is 356 Å². The fourth-order valence-electron chi connectivity index (χ4n) is 14.5. The molecular formula is C83H183F3O26SSi22. The van der Waals surface area contributed by atoms with Crippen LogP contribution >= 0.6 is 0 Å². The topological polar surface area (TPSA) is 282 Å². The quantitative estimate of drug-likeness (QED) is 0.0105. The van der Waals surface area contributed by atoms with Crippen LogP contribution in [0, 0.1) is 0 Å². The number of halogens is 3. The lowest BCUT2D eigenvalue weighted by Gasteiger charge is -2.46. The summed E-state index contributed by atoms with van der Waals surface area (Å²) in [4.78, 5) is 22.4. The predicted octanol–water partition coefficient (Wildman–Crippen LogP) is 23.4. The lowest BCUT2D eigenvalue weighted by atomic mass is 10.1. The van der Waals surface area contributed by atoms with Gasteiger partial charge in [0.1, 0.15) is 6.61 Å². The highest BCUT2D eigenvalue weighted by Gasteiger charge is 2.53. The van der Waals surface area contributed by atoms with Crippen LogP contribution in [0.15, 0.2) is 141 Å². The summed E-state index contributed by atoms with van der Waals surface area (Å²) < 4.78 is 187. The van der Waals surface area contributed by atoms with Crippen molar-refractivity contribution in [1.29, 1.82) is 0 Å². The molecule has 0 saturated carbocycles. The Labute approximate surface area is 844 Å². The van der Waals surface area contributed by atoms with E-state index in [0.717, 1.165) is 50.2 Å². The average Bonchev–Trinajstić information content (AvgIpc) is 0.791. The van der Waals surface area contributed by atoms with Gasteiger partial charge in [0.05, 0.1) is 6.61 Å². The number of carbonyl (C=O) groups is 2. The highest BCUT2D eigenvalue weighted by molar-refractivity contribution is 7.86. The van der Waals surface area contributed by atoms with E-state index in [1.54, 1.807) is 13.8 Å².